The zero-order valence-electron chi connectivity index (χ0n) is 18.1. The lowest BCUT2D eigenvalue weighted by atomic mass is 9.90. The predicted molar refractivity (Wildman–Crippen MR) is 115 cm³/mol. The molecule has 0 aromatic carbocycles. The second-order valence-electron chi connectivity index (χ2n) is 8.12. The van der Waals surface area contributed by atoms with E-state index in [1.165, 1.54) is 9.75 Å². The van der Waals surface area contributed by atoms with Crippen LogP contribution < -0.4 is 4.90 Å². The van der Waals surface area contributed by atoms with Crippen LogP contribution in [0.2, 0.25) is 0 Å². The number of alkyl halides is 3. The van der Waals surface area contributed by atoms with E-state index in [1.807, 2.05) is 24.3 Å². The third kappa shape index (κ3) is 6.63. The fraction of sp³-hybridized carbons (Fsp3) is 0.571. The van der Waals surface area contributed by atoms with Gasteiger partial charge in [-0.15, -0.1) is 16.4 Å². The maximum atomic E-state index is 10.6. The number of carboxylic acid groups (broad SMARTS) is 1. The minimum Gasteiger partial charge on any atom is -0.475 e. The van der Waals surface area contributed by atoms with Crippen molar-refractivity contribution in [3.63, 3.8) is 0 Å². The highest BCUT2D eigenvalue weighted by Crippen LogP contribution is 2.32. The van der Waals surface area contributed by atoms with Gasteiger partial charge in [0.25, 0.3) is 0 Å². The fourth-order valence-electron chi connectivity index (χ4n) is 3.95. The van der Waals surface area contributed by atoms with Gasteiger partial charge in [0, 0.05) is 42.5 Å². The number of rotatable bonds is 3. The van der Waals surface area contributed by atoms with E-state index in [4.69, 9.17) is 14.6 Å². The van der Waals surface area contributed by atoms with E-state index in [9.17, 15) is 13.2 Å². The summed E-state index contributed by atoms with van der Waals surface area (Å²) in [5, 5.41) is 15.7. The molecule has 0 amide bonds. The smallest absolute Gasteiger partial charge is 0.475 e. The van der Waals surface area contributed by atoms with E-state index in [-0.39, 0.29) is 5.60 Å². The summed E-state index contributed by atoms with van der Waals surface area (Å²) in [4.78, 5) is 16.6. The molecule has 1 unspecified atom stereocenters. The molecule has 2 aliphatic heterocycles. The number of halogens is 3. The summed E-state index contributed by atoms with van der Waals surface area (Å²) in [6, 6.07) is 8.60. The van der Waals surface area contributed by atoms with E-state index in [0.717, 1.165) is 63.7 Å². The van der Waals surface area contributed by atoms with Crippen molar-refractivity contribution in [1.29, 1.82) is 0 Å². The van der Waals surface area contributed by atoms with E-state index in [1.54, 1.807) is 0 Å². The van der Waals surface area contributed by atoms with Gasteiger partial charge >= 0.3 is 12.1 Å². The van der Waals surface area contributed by atoms with Gasteiger partial charge in [-0.1, -0.05) is 0 Å². The molecular formula is C21H27F3N4O3S. The number of aryl methyl sites for hydroxylation is 2. The fourth-order valence-corrected chi connectivity index (χ4v) is 4.88. The van der Waals surface area contributed by atoms with Crippen molar-refractivity contribution in [3.8, 4) is 0 Å². The lowest BCUT2D eigenvalue weighted by molar-refractivity contribution is -0.192. The number of piperidine rings is 1. The van der Waals surface area contributed by atoms with E-state index < -0.39 is 12.1 Å². The molecule has 1 spiro atoms. The van der Waals surface area contributed by atoms with Gasteiger partial charge in [-0.25, -0.2) is 4.79 Å². The number of hydrogen-bond acceptors (Lipinski definition) is 7. The Kier molecular flexibility index (Phi) is 7.73. The standard InChI is InChI=1S/C19H26N4OS.C2HF3O2/c1-15-4-7-18(21-20-15)23-9-3-8-19(14-23)13-22(10-11-24-19)12-17-6-5-16(2)25-17;3-2(4,5)1(6)7/h4-7H,3,8-14H2,1-2H3;(H,6,7). The molecule has 2 fully saturated rings. The number of ether oxygens (including phenoxy) is 1. The number of anilines is 1. The van der Waals surface area contributed by atoms with Crippen LogP contribution in [-0.4, -0.2) is 70.7 Å². The summed E-state index contributed by atoms with van der Waals surface area (Å²) in [7, 11) is 0. The number of thiophene rings is 1. The Morgan fingerprint density at radius 1 is 1.19 bits per heavy atom. The minimum absolute atomic E-state index is 0.0740. The number of nitrogens with zero attached hydrogens (tertiary/aromatic N) is 4. The van der Waals surface area contributed by atoms with Gasteiger partial charge in [-0.3, -0.25) is 4.90 Å². The molecule has 2 aromatic heterocycles. The summed E-state index contributed by atoms with van der Waals surface area (Å²) < 4.78 is 38.1. The molecule has 11 heteroatoms. The minimum atomic E-state index is -5.08. The van der Waals surface area contributed by atoms with Gasteiger partial charge in [0.1, 0.15) is 0 Å². The van der Waals surface area contributed by atoms with Crippen molar-refractivity contribution in [2.75, 3.05) is 37.7 Å². The first-order valence-electron chi connectivity index (χ1n) is 10.3. The van der Waals surface area contributed by atoms with Gasteiger partial charge in [-0.2, -0.15) is 18.3 Å². The molecular weight excluding hydrogens is 445 g/mol. The third-order valence-corrected chi connectivity index (χ3v) is 6.38. The normalized spacial score (nSPS) is 21.8. The van der Waals surface area contributed by atoms with Crippen molar-refractivity contribution in [1.82, 2.24) is 15.1 Å². The van der Waals surface area contributed by atoms with Crippen LogP contribution in [0, 0.1) is 13.8 Å². The Morgan fingerprint density at radius 2 is 1.94 bits per heavy atom. The molecule has 4 rings (SSSR count). The Labute approximate surface area is 188 Å². The molecule has 2 aromatic rings. The molecule has 4 heterocycles. The van der Waals surface area contributed by atoms with Crippen molar-refractivity contribution in [2.45, 2.75) is 45.0 Å². The predicted octanol–water partition coefficient (Wildman–Crippen LogP) is 3.66. The number of hydrogen-bond donors (Lipinski definition) is 1. The van der Waals surface area contributed by atoms with Crippen LogP contribution in [0.25, 0.3) is 0 Å². The number of carbonyl (C=O) groups is 1. The largest absolute Gasteiger partial charge is 0.490 e. The number of aromatic nitrogens is 2. The Bertz CT molecular complexity index is 902. The molecule has 2 saturated heterocycles. The molecule has 7 nitrogen and oxygen atoms in total. The monoisotopic (exact) mass is 472 g/mol. The van der Waals surface area contributed by atoms with Crippen molar-refractivity contribution in [3.05, 3.63) is 39.7 Å². The second kappa shape index (κ2) is 10.1. The summed E-state index contributed by atoms with van der Waals surface area (Å²) in [6.07, 6.45) is -2.82. The van der Waals surface area contributed by atoms with Gasteiger partial charge < -0.3 is 14.7 Å². The zero-order valence-corrected chi connectivity index (χ0v) is 18.9. The van der Waals surface area contributed by atoms with Crippen LogP contribution in [0.3, 0.4) is 0 Å². The van der Waals surface area contributed by atoms with Crippen molar-refractivity contribution in [2.24, 2.45) is 0 Å². The van der Waals surface area contributed by atoms with Crippen LogP contribution in [0.15, 0.2) is 24.3 Å². The highest BCUT2D eigenvalue weighted by Gasteiger charge is 2.41. The Hall–Kier alpha value is -2.24. The lowest BCUT2D eigenvalue weighted by Crippen LogP contribution is -2.59. The molecule has 176 valence electrons. The first-order valence-corrected chi connectivity index (χ1v) is 11.1. The van der Waals surface area contributed by atoms with Gasteiger partial charge in [0.05, 0.1) is 17.9 Å². The molecule has 0 saturated carbocycles. The van der Waals surface area contributed by atoms with Crippen LogP contribution >= 0.6 is 11.3 Å². The third-order valence-electron chi connectivity index (χ3n) is 5.39. The lowest BCUT2D eigenvalue weighted by Gasteiger charge is -2.48. The molecule has 1 N–H and O–H groups in total. The SMILES string of the molecule is Cc1ccc(N2CCCC3(CN(Cc4ccc(C)s4)CCO3)C2)nn1.O=C(O)C(F)(F)F. The van der Waals surface area contributed by atoms with E-state index >= 15 is 0 Å². The Balaban J connectivity index is 0.000000360. The number of morpholine rings is 1. The number of aliphatic carboxylic acids is 1. The summed E-state index contributed by atoms with van der Waals surface area (Å²) >= 11 is 1.90. The number of carboxylic acids is 1. The molecule has 0 radical (unpaired) electrons. The van der Waals surface area contributed by atoms with Crippen LogP contribution in [-0.2, 0) is 16.1 Å². The highest BCUT2D eigenvalue weighted by molar-refractivity contribution is 7.11. The average molecular weight is 473 g/mol. The van der Waals surface area contributed by atoms with Gasteiger partial charge in [0.2, 0.25) is 0 Å². The molecule has 0 bridgehead atoms. The molecule has 0 aliphatic carbocycles. The summed E-state index contributed by atoms with van der Waals surface area (Å²) in [5.74, 6) is -1.79. The first-order chi connectivity index (χ1) is 15.1. The van der Waals surface area contributed by atoms with Crippen LogP contribution in [0.5, 0.6) is 0 Å². The summed E-state index contributed by atoms with van der Waals surface area (Å²) in [6.45, 7) is 9.96. The van der Waals surface area contributed by atoms with E-state index in [0.29, 0.717) is 0 Å². The van der Waals surface area contributed by atoms with Gasteiger partial charge in [-0.05, 0) is 51.0 Å². The van der Waals surface area contributed by atoms with Crippen molar-refractivity contribution >= 4 is 23.1 Å². The molecule has 32 heavy (non-hydrogen) atoms. The first kappa shape index (κ1) is 24.4. The topological polar surface area (TPSA) is 78.8 Å². The second-order valence-corrected chi connectivity index (χ2v) is 9.49. The maximum absolute atomic E-state index is 10.6. The van der Waals surface area contributed by atoms with Gasteiger partial charge in [0.15, 0.2) is 5.82 Å². The Morgan fingerprint density at radius 3 is 2.53 bits per heavy atom. The van der Waals surface area contributed by atoms with Crippen molar-refractivity contribution < 1.29 is 27.8 Å². The average Bonchev–Trinajstić information content (AvgIpc) is 3.13. The quantitative estimate of drug-likeness (QED) is 0.730. The van der Waals surface area contributed by atoms with Crippen LogP contribution in [0.1, 0.15) is 28.3 Å². The van der Waals surface area contributed by atoms with E-state index in [2.05, 4.69) is 45.1 Å². The molecule has 2 aliphatic rings. The maximum Gasteiger partial charge on any atom is 0.490 e. The highest BCUT2D eigenvalue weighted by atomic mass is 32.1. The summed E-state index contributed by atoms with van der Waals surface area (Å²) in [5.41, 5.74) is 0.886. The van der Waals surface area contributed by atoms with Crippen LogP contribution in [0.4, 0.5) is 19.0 Å². The zero-order chi connectivity index (χ0) is 23.4. The molecule has 1 atom stereocenters.